The molecule has 15 heavy (non-hydrogen) atoms. The van der Waals surface area contributed by atoms with Crippen LogP contribution < -0.4 is 4.72 Å². The van der Waals surface area contributed by atoms with E-state index in [1.54, 1.807) is 6.20 Å². The molecule has 0 saturated heterocycles. The third-order valence-electron chi connectivity index (χ3n) is 1.90. The molecule has 0 aliphatic carbocycles. The van der Waals surface area contributed by atoms with Crippen molar-refractivity contribution in [2.75, 3.05) is 5.75 Å². The Hall–Kier alpha value is -0.460. The van der Waals surface area contributed by atoms with Crippen molar-refractivity contribution in [1.29, 1.82) is 0 Å². The van der Waals surface area contributed by atoms with E-state index < -0.39 is 10.0 Å². The minimum atomic E-state index is -3.10. The Labute approximate surface area is 94.8 Å². The largest absolute Gasteiger partial charge is 0.250 e. The Morgan fingerprint density at radius 1 is 1.53 bits per heavy atom. The van der Waals surface area contributed by atoms with Gasteiger partial charge >= 0.3 is 0 Å². The number of unbranched alkanes of at least 4 members (excludes halogenated alkanes) is 1. The van der Waals surface area contributed by atoms with Gasteiger partial charge in [-0.2, -0.15) is 0 Å². The smallest absolute Gasteiger partial charge is 0.211 e. The van der Waals surface area contributed by atoms with Crippen molar-refractivity contribution in [3.8, 4) is 0 Å². The summed E-state index contributed by atoms with van der Waals surface area (Å²) in [6, 6.07) is 0. The molecule has 1 aromatic heterocycles. The summed E-state index contributed by atoms with van der Waals surface area (Å²) in [6.45, 7) is 4.24. The van der Waals surface area contributed by atoms with Crippen LogP contribution in [0.3, 0.4) is 0 Å². The number of hydrogen-bond acceptors (Lipinski definition) is 4. The highest BCUT2D eigenvalue weighted by Gasteiger charge is 2.09. The summed E-state index contributed by atoms with van der Waals surface area (Å²) < 4.78 is 25.5. The maximum Gasteiger partial charge on any atom is 0.211 e. The molecule has 0 atom stereocenters. The zero-order valence-electron chi connectivity index (χ0n) is 8.99. The van der Waals surface area contributed by atoms with E-state index in [0.29, 0.717) is 13.0 Å². The number of rotatable bonds is 6. The summed E-state index contributed by atoms with van der Waals surface area (Å²) >= 11 is 1.51. The topological polar surface area (TPSA) is 59.1 Å². The summed E-state index contributed by atoms with van der Waals surface area (Å²) in [6.07, 6.45) is 3.31. The van der Waals surface area contributed by atoms with E-state index in [1.807, 2.05) is 13.8 Å². The van der Waals surface area contributed by atoms with E-state index in [0.717, 1.165) is 16.3 Å². The van der Waals surface area contributed by atoms with Crippen LogP contribution in [-0.2, 0) is 16.6 Å². The molecule has 4 nitrogen and oxygen atoms in total. The lowest BCUT2D eigenvalue weighted by molar-refractivity contribution is 0.578. The zero-order valence-corrected chi connectivity index (χ0v) is 10.6. The molecule has 1 aromatic rings. The molecule has 1 rings (SSSR count). The average molecular weight is 248 g/mol. The van der Waals surface area contributed by atoms with Gasteiger partial charge in [0.15, 0.2) is 0 Å². The molecule has 1 heterocycles. The summed E-state index contributed by atoms with van der Waals surface area (Å²) in [5, 5.41) is 0.956. The van der Waals surface area contributed by atoms with Gasteiger partial charge < -0.3 is 0 Å². The molecule has 0 aliphatic heterocycles. The van der Waals surface area contributed by atoms with Gasteiger partial charge in [-0.25, -0.2) is 18.1 Å². The molecular weight excluding hydrogens is 232 g/mol. The minimum absolute atomic E-state index is 0.210. The van der Waals surface area contributed by atoms with Gasteiger partial charge in [-0.15, -0.1) is 11.3 Å². The van der Waals surface area contributed by atoms with E-state index in [2.05, 4.69) is 9.71 Å². The van der Waals surface area contributed by atoms with Crippen molar-refractivity contribution in [2.45, 2.75) is 33.2 Å². The monoisotopic (exact) mass is 248 g/mol. The zero-order chi connectivity index (χ0) is 11.3. The second-order valence-electron chi connectivity index (χ2n) is 3.34. The van der Waals surface area contributed by atoms with Crippen molar-refractivity contribution >= 4 is 21.4 Å². The molecular formula is C9H16N2O2S2. The molecule has 0 amide bonds. The molecule has 0 spiro atoms. The summed E-state index contributed by atoms with van der Waals surface area (Å²) in [5.74, 6) is 0.210. The van der Waals surface area contributed by atoms with Crippen LogP contribution in [0.5, 0.6) is 0 Å². The van der Waals surface area contributed by atoms with Crippen LogP contribution in [0.15, 0.2) is 6.20 Å². The lowest BCUT2D eigenvalue weighted by Crippen LogP contribution is -2.25. The molecule has 86 valence electrons. The van der Waals surface area contributed by atoms with Gasteiger partial charge in [-0.05, 0) is 13.3 Å². The van der Waals surface area contributed by atoms with Gasteiger partial charge in [0.1, 0.15) is 0 Å². The normalized spacial score (nSPS) is 11.9. The first-order valence-electron chi connectivity index (χ1n) is 4.92. The number of nitrogens with one attached hydrogen (secondary N) is 1. The van der Waals surface area contributed by atoms with Crippen LogP contribution in [-0.4, -0.2) is 19.2 Å². The first-order valence-corrected chi connectivity index (χ1v) is 7.39. The van der Waals surface area contributed by atoms with Crippen molar-refractivity contribution in [1.82, 2.24) is 9.71 Å². The summed E-state index contributed by atoms with van der Waals surface area (Å²) in [7, 11) is -3.10. The fourth-order valence-corrected chi connectivity index (χ4v) is 3.09. The molecule has 0 aliphatic rings. The van der Waals surface area contributed by atoms with Gasteiger partial charge in [0.05, 0.1) is 10.8 Å². The number of aromatic nitrogens is 1. The predicted octanol–water partition coefficient (Wildman–Crippen LogP) is 1.67. The van der Waals surface area contributed by atoms with Crippen molar-refractivity contribution < 1.29 is 8.42 Å². The van der Waals surface area contributed by atoms with E-state index in [-0.39, 0.29) is 5.75 Å². The molecule has 1 N–H and O–H groups in total. The highest BCUT2D eigenvalue weighted by molar-refractivity contribution is 7.89. The van der Waals surface area contributed by atoms with Crippen LogP contribution in [0.4, 0.5) is 0 Å². The second kappa shape index (κ2) is 5.58. The standard InChI is InChI=1S/C9H16N2O2S2/c1-3-4-5-15(12,13)11-7-9-6-10-8(2)14-9/h6,11H,3-5,7H2,1-2H3. The SMILES string of the molecule is CCCCS(=O)(=O)NCc1cnc(C)s1. The van der Waals surface area contributed by atoms with Crippen LogP contribution in [0.25, 0.3) is 0 Å². The first kappa shape index (κ1) is 12.6. The predicted molar refractivity (Wildman–Crippen MR) is 62.4 cm³/mol. The quantitative estimate of drug-likeness (QED) is 0.833. The van der Waals surface area contributed by atoms with Crippen molar-refractivity contribution in [3.63, 3.8) is 0 Å². The average Bonchev–Trinajstić information content (AvgIpc) is 2.59. The Morgan fingerprint density at radius 2 is 2.27 bits per heavy atom. The Kier molecular flexibility index (Phi) is 4.69. The number of hydrogen-bond donors (Lipinski definition) is 1. The summed E-state index contributed by atoms with van der Waals surface area (Å²) in [5.41, 5.74) is 0. The van der Waals surface area contributed by atoms with Crippen molar-refractivity contribution in [2.24, 2.45) is 0 Å². The fraction of sp³-hybridized carbons (Fsp3) is 0.667. The highest BCUT2D eigenvalue weighted by atomic mass is 32.2. The Morgan fingerprint density at radius 3 is 2.80 bits per heavy atom. The molecule has 0 radical (unpaired) electrons. The summed E-state index contributed by atoms with van der Waals surface area (Å²) in [4.78, 5) is 5.01. The van der Waals surface area contributed by atoms with Gasteiger partial charge in [0, 0.05) is 17.6 Å². The number of thiazole rings is 1. The Balaban J connectivity index is 2.42. The maximum atomic E-state index is 11.4. The molecule has 0 saturated carbocycles. The van der Waals surface area contributed by atoms with Gasteiger partial charge in [0.2, 0.25) is 10.0 Å². The lowest BCUT2D eigenvalue weighted by atomic mass is 10.4. The highest BCUT2D eigenvalue weighted by Crippen LogP contribution is 2.11. The third kappa shape index (κ3) is 4.72. The number of sulfonamides is 1. The maximum absolute atomic E-state index is 11.4. The van der Waals surface area contributed by atoms with Gasteiger partial charge in [-0.3, -0.25) is 0 Å². The minimum Gasteiger partial charge on any atom is -0.250 e. The molecule has 0 fully saturated rings. The van der Waals surface area contributed by atoms with E-state index in [4.69, 9.17) is 0 Å². The Bertz CT molecular complexity index is 398. The lowest BCUT2D eigenvalue weighted by Gasteiger charge is -2.03. The van der Waals surface area contributed by atoms with Crippen molar-refractivity contribution in [3.05, 3.63) is 16.1 Å². The number of nitrogens with zero attached hydrogens (tertiary/aromatic N) is 1. The second-order valence-corrected chi connectivity index (χ2v) is 6.58. The van der Waals surface area contributed by atoms with Gasteiger partial charge in [0.25, 0.3) is 0 Å². The van der Waals surface area contributed by atoms with E-state index in [9.17, 15) is 8.42 Å². The fourth-order valence-electron chi connectivity index (χ4n) is 1.07. The van der Waals surface area contributed by atoms with Crippen LogP contribution in [0.1, 0.15) is 29.7 Å². The van der Waals surface area contributed by atoms with Gasteiger partial charge in [-0.1, -0.05) is 13.3 Å². The molecule has 0 unspecified atom stereocenters. The van der Waals surface area contributed by atoms with Crippen LogP contribution in [0, 0.1) is 6.92 Å². The van der Waals surface area contributed by atoms with Crippen LogP contribution in [0.2, 0.25) is 0 Å². The van der Waals surface area contributed by atoms with E-state index >= 15 is 0 Å². The first-order chi connectivity index (χ1) is 7.03. The van der Waals surface area contributed by atoms with E-state index in [1.165, 1.54) is 11.3 Å². The van der Waals surface area contributed by atoms with Crippen LogP contribution >= 0.6 is 11.3 Å². The molecule has 6 heteroatoms. The number of aryl methyl sites for hydroxylation is 1. The third-order valence-corrected chi connectivity index (χ3v) is 4.23. The molecule has 0 bridgehead atoms. The molecule has 0 aromatic carbocycles.